The number of halogens is 1. The number of anilines is 1. The minimum absolute atomic E-state index is 0.610. The van der Waals surface area contributed by atoms with Crippen LogP contribution >= 0.6 is 11.6 Å². The molecular weight excluding hydrogens is 326 g/mol. The van der Waals surface area contributed by atoms with Gasteiger partial charge >= 0.3 is 0 Å². The number of pyridine rings is 1. The number of benzene rings is 1. The van der Waals surface area contributed by atoms with Crippen LogP contribution < -0.4 is 5.32 Å². The third-order valence-electron chi connectivity index (χ3n) is 3.80. The Bertz CT molecular complexity index is 1020. The maximum absolute atomic E-state index is 10.7. The van der Waals surface area contributed by atoms with E-state index < -0.39 is 0 Å². The molecule has 2 N–H and O–H groups in total. The van der Waals surface area contributed by atoms with Crippen molar-refractivity contribution in [3.8, 4) is 22.4 Å². The number of carbonyl (C=O) groups is 1. The summed E-state index contributed by atoms with van der Waals surface area (Å²) in [6.07, 6.45) is 5.93. The van der Waals surface area contributed by atoms with E-state index in [4.69, 9.17) is 11.6 Å². The van der Waals surface area contributed by atoms with Crippen LogP contribution in [-0.4, -0.2) is 26.0 Å². The van der Waals surface area contributed by atoms with E-state index in [-0.39, 0.29) is 0 Å². The van der Waals surface area contributed by atoms with E-state index in [0.29, 0.717) is 17.3 Å². The zero-order chi connectivity index (χ0) is 16.5. The SMILES string of the molecule is O=CNc1cnc2ccc(-c3cn[nH]c3-c3ccc(Cl)cc3)cn12. The van der Waals surface area contributed by atoms with Crippen LogP contribution in [0.1, 0.15) is 0 Å². The molecule has 4 aromatic rings. The van der Waals surface area contributed by atoms with Gasteiger partial charge in [0.25, 0.3) is 0 Å². The van der Waals surface area contributed by atoms with Crippen LogP contribution in [0.5, 0.6) is 0 Å². The second-order valence-electron chi connectivity index (χ2n) is 5.22. The first-order valence-electron chi connectivity index (χ1n) is 7.23. The molecule has 0 aliphatic heterocycles. The molecule has 0 unspecified atom stereocenters. The highest BCUT2D eigenvalue weighted by Crippen LogP contribution is 2.31. The topological polar surface area (TPSA) is 75.1 Å². The Kier molecular flexibility index (Phi) is 3.51. The molecule has 1 aromatic carbocycles. The number of rotatable bonds is 4. The van der Waals surface area contributed by atoms with Crippen LogP contribution in [0.3, 0.4) is 0 Å². The molecular formula is C17H12ClN5O. The van der Waals surface area contributed by atoms with Gasteiger partial charge in [0.2, 0.25) is 6.41 Å². The van der Waals surface area contributed by atoms with Crippen molar-refractivity contribution in [2.75, 3.05) is 5.32 Å². The number of H-pyrrole nitrogens is 1. The number of carbonyl (C=O) groups excluding carboxylic acids is 1. The second-order valence-corrected chi connectivity index (χ2v) is 5.65. The summed E-state index contributed by atoms with van der Waals surface area (Å²) in [5.41, 5.74) is 4.54. The number of aromatic nitrogens is 4. The average Bonchev–Trinajstić information content (AvgIpc) is 3.23. The van der Waals surface area contributed by atoms with Gasteiger partial charge in [-0.3, -0.25) is 14.3 Å². The number of hydrogen-bond donors (Lipinski definition) is 2. The molecule has 0 saturated carbocycles. The zero-order valence-electron chi connectivity index (χ0n) is 12.4. The standard InChI is InChI=1S/C17H12ClN5O/c18-13-4-1-11(2-5-13)17-14(7-21-22-17)12-3-6-15-19-8-16(20-10-24)23(15)9-12/h1-10H,(H,20,24)(H,21,22). The van der Waals surface area contributed by atoms with Gasteiger partial charge in [-0.2, -0.15) is 5.10 Å². The van der Waals surface area contributed by atoms with E-state index >= 15 is 0 Å². The Morgan fingerprint density at radius 3 is 2.67 bits per heavy atom. The molecule has 3 heterocycles. The first kappa shape index (κ1) is 14.5. The Hall–Kier alpha value is -3.12. The monoisotopic (exact) mass is 337 g/mol. The molecule has 0 radical (unpaired) electrons. The minimum atomic E-state index is 0.610. The molecule has 24 heavy (non-hydrogen) atoms. The Morgan fingerprint density at radius 2 is 1.88 bits per heavy atom. The molecule has 6 nitrogen and oxygen atoms in total. The largest absolute Gasteiger partial charge is 0.313 e. The summed E-state index contributed by atoms with van der Waals surface area (Å²) in [6.45, 7) is 0. The fourth-order valence-corrected chi connectivity index (χ4v) is 2.77. The molecule has 0 atom stereocenters. The van der Waals surface area contributed by atoms with Crippen molar-refractivity contribution < 1.29 is 4.79 Å². The summed E-state index contributed by atoms with van der Waals surface area (Å²) >= 11 is 5.96. The number of hydrogen-bond acceptors (Lipinski definition) is 3. The molecule has 1 amide bonds. The lowest BCUT2D eigenvalue weighted by molar-refractivity contribution is -0.105. The molecule has 3 aromatic heterocycles. The van der Waals surface area contributed by atoms with Crippen molar-refractivity contribution in [3.05, 3.63) is 60.0 Å². The van der Waals surface area contributed by atoms with Crippen molar-refractivity contribution in [2.24, 2.45) is 0 Å². The number of imidazole rings is 1. The van der Waals surface area contributed by atoms with Gasteiger partial charge in [0.05, 0.1) is 18.1 Å². The quantitative estimate of drug-likeness (QED) is 0.558. The van der Waals surface area contributed by atoms with Crippen molar-refractivity contribution in [2.45, 2.75) is 0 Å². The van der Waals surface area contributed by atoms with E-state index in [2.05, 4.69) is 20.5 Å². The summed E-state index contributed by atoms with van der Waals surface area (Å²) in [7, 11) is 0. The van der Waals surface area contributed by atoms with Crippen molar-refractivity contribution >= 4 is 29.5 Å². The number of fused-ring (bicyclic) bond motifs is 1. The molecule has 0 aliphatic carbocycles. The third kappa shape index (κ3) is 2.43. The Morgan fingerprint density at radius 1 is 1.08 bits per heavy atom. The predicted octanol–water partition coefficient (Wildman–Crippen LogP) is 3.61. The fourth-order valence-electron chi connectivity index (χ4n) is 2.65. The van der Waals surface area contributed by atoms with Gasteiger partial charge in [-0.25, -0.2) is 4.98 Å². The average molecular weight is 338 g/mol. The van der Waals surface area contributed by atoms with Crippen molar-refractivity contribution in [1.82, 2.24) is 19.6 Å². The smallest absolute Gasteiger partial charge is 0.212 e. The lowest BCUT2D eigenvalue weighted by Crippen LogP contribution is -1.98. The maximum atomic E-state index is 10.7. The van der Waals surface area contributed by atoms with Gasteiger partial charge in [0.1, 0.15) is 11.5 Å². The number of nitrogens with one attached hydrogen (secondary N) is 2. The minimum Gasteiger partial charge on any atom is -0.313 e. The molecule has 118 valence electrons. The first-order chi connectivity index (χ1) is 11.8. The van der Waals surface area contributed by atoms with Crippen LogP contribution in [0.25, 0.3) is 28.0 Å². The number of aromatic amines is 1. The molecule has 0 spiro atoms. The molecule has 0 saturated heterocycles. The highest BCUT2D eigenvalue weighted by Gasteiger charge is 2.12. The highest BCUT2D eigenvalue weighted by molar-refractivity contribution is 6.30. The van der Waals surface area contributed by atoms with Gasteiger partial charge in [0, 0.05) is 27.9 Å². The summed E-state index contributed by atoms with van der Waals surface area (Å²) in [5, 5.41) is 10.5. The summed E-state index contributed by atoms with van der Waals surface area (Å²) < 4.78 is 1.82. The lowest BCUT2D eigenvalue weighted by Gasteiger charge is -2.06. The van der Waals surface area contributed by atoms with Gasteiger partial charge in [-0.05, 0) is 24.3 Å². The van der Waals surface area contributed by atoms with Crippen molar-refractivity contribution in [3.63, 3.8) is 0 Å². The van der Waals surface area contributed by atoms with Crippen LogP contribution in [0.4, 0.5) is 5.82 Å². The number of amides is 1. The summed E-state index contributed by atoms with van der Waals surface area (Å²) in [5.74, 6) is 0.610. The van der Waals surface area contributed by atoms with Gasteiger partial charge < -0.3 is 5.32 Å². The van der Waals surface area contributed by atoms with E-state index in [1.807, 2.05) is 47.0 Å². The van der Waals surface area contributed by atoms with Gasteiger partial charge in [-0.15, -0.1) is 0 Å². The molecule has 0 aliphatic rings. The molecule has 0 fully saturated rings. The van der Waals surface area contributed by atoms with Gasteiger partial charge in [0.15, 0.2) is 0 Å². The molecule has 7 heteroatoms. The van der Waals surface area contributed by atoms with Crippen molar-refractivity contribution in [1.29, 1.82) is 0 Å². The summed E-state index contributed by atoms with van der Waals surface area (Å²) in [6, 6.07) is 11.4. The van der Waals surface area contributed by atoms with E-state index in [1.165, 1.54) is 0 Å². The van der Waals surface area contributed by atoms with E-state index in [0.717, 1.165) is 28.0 Å². The zero-order valence-corrected chi connectivity index (χ0v) is 13.2. The Labute approximate surface area is 142 Å². The second kappa shape index (κ2) is 5.82. The summed E-state index contributed by atoms with van der Waals surface area (Å²) in [4.78, 5) is 15.0. The third-order valence-corrected chi connectivity index (χ3v) is 4.05. The van der Waals surface area contributed by atoms with Crippen LogP contribution in [0, 0.1) is 0 Å². The van der Waals surface area contributed by atoms with E-state index in [9.17, 15) is 4.79 Å². The molecule has 0 bridgehead atoms. The van der Waals surface area contributed by atoms with Crippen LogP contribution in [0.15, 0.2) is 55.0 Å². The highest BCUT2D eigenvalue weighted by atomic mass is 35.5. The lowest BCUT2D eigenvalue weighted by atomic mass is 10.0. The normalized spacial score (nSPS) is 10.9. The first-order valence-corrected chi connectivity index (χ1v) is 7.61. The van der Waals surface area contributed by atoms with Gasteiger partial charge in [-0.1, -0.05) is 23.7 Å². The van der Waals surface area contributed by atoms with E-state index in [1.54, 1.807) is 12.4 Å². The van der Waals surface area contributed by atoms with Crippen LogP contribution in [-0.2, 0) is 4.79 Å². The predicted molar refractivity (Wildman–Crippen MR) is 92.9 cm³/mol. The Balaban J connectivity index is 1.83. The fraction of sp³-hybridized carbons (Fsp3) is 0. The van der Waals surface area contributed by atoms with Crippen LogP contribution in [0.2, 0.25) is 5.02 Å². The molecule has 4 rings (SSSR count). The maximum Gasteiger partial charge on any atom is 0.212 e. The number of nitrogens with zero attached hydrogens (tertiary/aromatic N) is 3.